The van der Waals surface area contributed by atoms with Gasteiger partial charge in [0.25, 0.3) is 0 Å². The summed E-state index contributed by atoms with van der Waals surface area (Å²) in [4.78, 5) is 32.6. The number of aromatic nitrogens is 7. The molecule has 196 valence electrons. The molecule has 0 aliphatic carbocycles. The third-order valence-corrected chi connectivity index (χ3v) is 7.37. The molecule has 7 nitrogen and oxygen atoms in total. The summed E-state index contributed by atoms with van der Waals surface area (Å²) in [5.74, 6) is 1.66. The van der Waals surface area contributed by atoms with Crippen molar-refractivity contribution in [2.75, 3.05) is 0 Å². The lowest BCUT2D eigenvalue weighted by atomic mass is 9.96. The summed E-state index contributed by atoms with van der Waals surface area (Å²) in [7, 11) is 0. The standard InChI is InChI=1S/C35H21N7/c1-2-6-26-22(5-1)9-11-28-31(26)27-7-3-4-8-29(27)39-32(28)30-12-10-25(21-38-30)35-41-33(23-13-17-36-18-14-23)40-34(42-35)24-15-19-37-20-16-24/h1-21H. The molecule has 0 amide bonds. The zero-order valence-corrected chi connectivity index (χ0v) is 22.3. The minimum absolute atomic E-state index is 0.532. The Kier molecular flexibility index (Phi) is 5.64. The van der Waals surface area contributed by atoms with Gasteiger partial charge < -0.3 is 0 Å². The first-order valence-corrected chi connectivity index (χ1v) is 13.6. The van der Waals surface area contributed by atoms with Crippen LogP contribution >= 0.6 is 0 Å². The van der Waals surface area contributed by atoms with Crippen molar-refractivity contribution in [2.24, 2.45) is 0 Å². The predicted molar refractivity (Wildman–Crippen MR) is 165 cm³/mol. The van der Waals surface area contributed by atoms with Crippen LogP contribution in [0.4, 0.5) is 0 Å². The van der Waals surface area contributed by atoms with Crippen molar-refractivity contribution in [1.82, 2.24) is 34.9 Å². The molecule has 0 atom stereocenters. The van der Waals surface area contributed by atoms with Crippen molar-refractivity contribution in [3.05, 3.63) is 128 Å². The second-order valence-corrected chi connectivity index (χ2v) is 9.90. The van der Waals surface area contributed by atoms with Gasteiger partial charge in [0.15, 0.2) is 17.5 Å². The van der Waals surface area contributed by atoms with Crippen LogP contribution in [0, 0.1) is 0 Å². The predicted octanol–water partition coefficient (Wildman–Crippen LogP) is 7.58. The van der Waals surface area contributed by atoms with E-state index in [1.54, 1.807) is 31.0 Å². The average Bonchev–Trinajstić information content (AvgIpc) is 3.08. The molecule has 0 fully saturated rings. The smallest absolute Gasteiger partial charge is 0.165 e. The highest BCUT2D eigenvalue weighted by Gasteiger charge is 2.16. The Balaban J connectivity index is 1.28. The van der Waals surface area contributed by atoms with Crippen LogP contribution in [-0.2, 0) is 0 Å². The second-order valence-electron chi connectivity index (χ2n) is 9.90. The van der Waals surface area contributed by atoms with E-state index in [9.17, 15) is 0 Å². The van der Waals surface area contributed by atoms with E-state index in [1.165, 1.54) is 16.2 Å². The summed E-state index contributed by atoms with van der Waals surface area (Å²) >= 11 is 0. The van der Waals surface area contributed by atoms with Gasteiger partial charge in [0, 0.05) is 63.8 Å². The van der Waals surface area contributed by atoms with Crippen LogP contribution in [0.3, 0.4) is 0 Å². The lowest BCUT2D eigenvalue weighted by Gasteiger charge is -2.12. The number of fused-ring (bicyclic) bond motifs is 5. The highest BCUT2D eigenvalue weighted by molar-refractivity contribution is 6.22. The van der Waals surface area contributed by atoms with Crippen LogP contribution in [0.25, 0.3) is 78.0 Å². The molecule has 42 heavy (non-hydrogen) atoms. The maximum atomic E-state index is 5.07. The average molecular weight is 540 g/mol. The Labute approximate surface area is 240 Å². The lowest BCUT2D eigenvalue weighted by molar-refractivity contribution is 1.07. The Bertz CT molecular complexity index is 2160. The van der Waals surface area contributed by atoms with E-state index in [-0.39, 0.29) is 0 Å². The number of nitrogens with zero attached hydrogens (tertiary/aromatic N) is 7. The maximum absolute atomic E-state index is 5.07. The van der Waals surface area contributed by atoms with Crippen LogP contribution in [0.1, 0.15) is 0 Å². The highest BCUT2D eigenvalue weighted by Crippen LogP contribution is 2.36. The molecule has 5 heterocycles. The molecule has 0 aliphatic rings. The van der Waals surface area contributed by atoms with Crippen LogP contribution in [0.5, 0.6) is 0 Å². The minimum atomic E-state index is 0.532. The van der Waals surface area contributed by atoms with Crippen molar-refractivity contribution in [1.29, 1.82) is 0 Å². The third-order valence-electron chi connectivity index (χ3n) is 7.37. The molecule has 0 N–H and O–H groups in total. The van der Waals surface area contributed by atoms with Crippen molar-refractivity contribution in [3.8, 4) is 45.6 Å². The normalized spacial score (nSPS) is 11.3. The van der Waals surface area contributed by atoms with Gasteiger partial charge in [-0.3, -0.25) is 15.0 Å². The number of benzene rings is 3. The van der Waals surface area contributed by atoms with Crippen molar-refractivity contribution < 1.29 is 0 Å². The summed E-state index contributed by atoms with van der Waals surface area (Å²) in [6.45, 7) is 0. The van der Waals surface area contributed by atoms with Crippen LogP contribution in [0.15, 0.2) is 128 Å². The van der Waals surface area contributed by atoms with E-state index in [0.717, 1.165) is 44.4 Å². The van der Waals surface area contributed by atoms with E-state index < -0.39 is 0 Å². The topological polar surface area (TPSA) is 90.2 Å². The number of hydrogen-bond acceptors (Lipinski definition) is 7. The summed E-state index contributed by atoms with van der Waals surface area (Å²) < 4.78 is 0. The molecule has 0 unspecified atom stereocenters. The summed E-state index contributed by atoms with van der Waals surface area (Å²) in [5.41, 5.74) is 5.04. The maximum Gasteiger partial charge on any atom is 0.165 e. The van der Waals surface area contributed by atoms with Gasteiger partial charge in [-0.05, 0) is 53.2 Å². The first kappa shape index (κ1) is 23.9. The number of rotatable bonds is 4. The quantitative estimate of drug-likeness (QED) is 0.213. The molecule has 3 aromatic carbocycles. The lowest BCUT2D eigenvalue weighted by Crippen LogP contribution is -2.01. The van der Waals surface area contributed by atoms with Crippen molar-refractivity contribution in [2.45, 2.75) is 0 Å². The molecule has 0 saturated heterocycles. The van der Waals surface area contributed by atoms with Gasteiger partial charge in [-0.1, -0.05) is 54.6 Å². The fraction of sp³-hybridized carbons (Fsp3) is 0. The zero-order valence-electron chi connectivity index (χ0n) is 22.3. The van der Waals surface area contributed by atoms with E-state index in [2.05, 4.69) is 64.6 Å². The van der Waals surface area contributed by atoms with E-state index >= 15 is 0 Å². The zero-order chi connectivity index (χ0) is 27.9. The van der Waals surface area contributed by atoms with E-state index in [4.69, 9.17) is 24.9 Å². The number of pyridine rings is 4. The molecule has 0 radical (unpaired) electrons. The largest absolute Gasteiger partial charge is 0.265 e. The molecule has 0 spiro atoms. The Morgan fingerprint density at radius 2 is 1.05 bits per heavy atom. The van der Waals surface area contributed by atoms with Gasteiger partial charge in [0.1, 0.15) is 0 Å². The second kappa shape index (κ2) is 9.91. The Hall–Kier alpha value is -5.95. The van der Waals surface area contributed by atoms with Gasteiger partial charge in [-0.25, -0.2) is 19.9 Å². The number of hydrogen-bond donors (Lipinski definition) is 0. The Morgan fingerprint density at radius 3 is 1.71 bits per heavy atom. The van der Waals surface area contributed by atoms with Gasteiger partial charge in [-0.2, -0.15) is 0 Å². The van der Waals surface area contributed by atoms with Crippen LogP contribution < -0.4 is 0 Å². The SMILES string of the molecule is c1ccc2c(c1)ccc1c(-c3ccc(-c4nc(-c5ccncc5)nc(-c5ccncc5)n4)cn3)nc3ccccc3c12. The van der Waals surface area contributed by atoms with Gasteiger partial charge >= 0.3 is 0 Å². The summed E-state index contributed by atoms with van der Waals surface area (Å²) in [6.07, 6.45) is 8.72. The van der Waals surface area contributed by atoms with E-state index in [0.29, 0.717) is 17.5 Å². The first-order valence-electron chi connectivity index (χ1n) is 13.6. The van der Waals surface area contributed by atoms with E-state index in [1.807, 2.05) is 42.5 Å². The monoisotopic (exact) mass is 539 g/mol. The summed E-state index contributed by atoms with van der Waals surface area (Å²) in [6, 6.07) is 32.6. The fourth-order valence-electron chi connectivity index (χ4n) is 5.35. The van der Waals surface area contributed by atoms with Gasteiger partial charge in [-0.15, -0.1) is 0 Å². The molecule has 5 aromatic heterocycles. The fourth-order valence-corrected chi connectivity index (χ4v) is 5.35. The molecule has 0 bridgehead atoms. The van der Waals surface area contributed by atoms with Crippen LogP contribution in [0.2, 0.25) is 0 Å². The molecular formula is C35H21N7. The van der Waals surface area contributed by atoms with Gasteiger partial charge in [0.2, 0.25) is 0 Å². The van der Waals surface area contributed by atoms with Crippen LogP contribution in [-0.4, -0.2) is 34.9 Å². The van der Waals surface area contributed by atoms with Gasteiger partial charge in [0.05, 0.1) is 16.9 Å². The first-order chi connectivity index (χ1) is 20.8. The third kappa shape index (κ3) is 4.12. The summed E-state index contributed by atoms with van der Waals surface area (Å²) in [5, 5.41) is 5.76. The molecular weight excluding hydrogens is 518 g/mol. The molecule has 0 saturated carbocycles. The molecule has 8 rings (SSSR count). The van der Waals surface area contributed by atoms with Crippen molar-refractivity contribution in [3.63, 3.8) is 0 Å². The van der Waals surface area contributed by atoms with Crippen molar-refractivity contribution >= 4 is 32.4 Å². The highest BCUT2D eigenvalue weighted by atomic mass is 15.0. The minimum Gasteiger partial charge on any atom is -0.265 e. The number of para-hydroxylation sites is 1. The Morgan fingerprint density at radius 1 is 0.429 bits per heavy atom. The molecule has 0 aliphatic heterocycles. The molecule has 8 aromatic rings. The molecule has 7 heteroatoms.